The van der Waals surface area contributed by atoms with E-state index in [-0.39, 0.29) is 5.82 Å². The SMILES string of the molecule is CCNC(C)c1cnc(Cc2cccc(F)c2)s1. The van der Waals surface area contributed by atoms with E-state index < -0.39 is 0 Å². The molecule has 0 fully saturated rings. The highest BCUT2D eigenvalue weighted by Gasteiger charge is 2.09. The van der Waals surface area contributed by atoms with Gasteiger partial charge in [-0.25, -0.2) is 9.37 Å². The van der Waals surface area contributed by atoms with Gasteiger partial charge in [0.2, 0.25) is 0 Å². The fourth-order valence-corrected chi connectivity index (χ4v) is 2.82. The quantitative estimate of drug-likeness (QED) is 0.893. The van der Waals surface area contributed by atoms with Crippen molar-refractivity contribution in [3.05, 3.63) is 51.7 Å². The van der Waals surface area contributed by atoms with Gasteiger partial charge >= 0.3 is 0 Å². The first kappa shape index (κ1) is 13.2. The van der Waals surface area contributed by atoms with Crippen LogP contribution in [0.15, 0.2) is 30.5 Å². The largest absolute Gasteiger partial charge is 0.310 e. The number of hydrogen-bond acceptors (Lipinski definition) is 3. The van der Waals surface area contributed by atoms with E-state index in [1.54, 1.807) is 23.5 Å². The zero-order valence-electron chi connectivity index (χ0n) is 10.6. The second-order valence-corrected chi connectivity index (χ2v) is 5.39. The molecule has 0 radical (unpaired) electrons. The Balaban J connectivity index is 2.06. The lowest BCUT2D eigenvalue weighted by atomic mass is 10.1. The van der Waals surface area contributed by atoms with Crippen LogP contribution in [0.1, 0.15) is 35.3 Å². The van der Waals surface area contributed by atoms with Gasteiger partial charge in [0, 0.05) is 23.5 Å². The summed E-state index contributed by atoms with van der Waals surface area (Å²) >= 11 is 1.69. The summed E-state index contributed by atoms with van der Waals surface area (Å²) in [6.07, 6.45) is 2.61. The average Bonchev–Trinajstić information content (AvgIpc) is 2.78. The van der Waals surface area contributed by atoms with Crippen LogP contribution in [0.4, 0.5) is 4.39 Å². The molecule has 0 bridgehead atoms. The number of thiazole rings is 1. The Morgan fingerprint density at radius 1 is 1.44 bits per heavy atom. The van der Waals surface area contributed by atoms with Crippen molar-refractivity contribution >= 4 is 11.3 Å². The standard InChI is InChI=1S/C14H17FN2S/c1-3-16-10(2)13-9-17-14(18-13)8-11-5-4-6-12(15)7-11/h4-7,9-10,16H,3,8H2,1-2H3. The van der Waals surface area contributed by atoms with Crippen LogP contribution in [0.5, 0.6) is 0 Å². The molecule has 1 unspecified atom stereocenters. The third kappa shape index (κ3) is 3.37. The average molecular weight is 264 g/mol. The van der Waals surface area contributed by atoms with Crippen molar-refractivity contribution < 1.29 is 4.39 Å². The van der Waals surface area contributed by atoms with Crippen molar-refractivity contribution in [2.24, 2.45) is 0 Å². The summed E-state index contributed by atoms with van der Waals surface area (Å²) in [5.41, 5.74) is 0.965. The van der Waals surface area contributed by atoms with E-state index in [1.807, 2.05) is 12.3 Å². The minimum absolute atomic E-state index is 0.190. The van der Waals surface area contributed by atoms with E-state index >= 15 is 0 Å². The van der Waals surface area contributed by atoms with Crippen molar-refractivity contribution in [1.29, 1.82) is 0 Å². The van der Waals surface area contributed by atoms with E-state index in [4.69, 9.17) is 0 Å². The van der Waals surface area contributed by atoms with E-state index in [2.05, 4.69) is 24.1 Å². The second-order valence-electron chi connectivity index (χ2n) is 4.24. The van der Waals surface area contributed by atoms with Crippen molar-refractivity contribution in [2.45, 2.75) is 26.3 Å². The van der Waals surface area contributed by atoms with Gasteiger partial charge < -0.3 is 5.32 Å². The molecule has 1 heterocycles. The first-order chi connectivity index (χ1) is 8.69. The molecule has 1 aromatic carbocycles. The first-order valence-electron chi connectivity index (χ1n) is 6.11. The van der Waals surface area contributed by atoms with E-state index in [9.17, 15) is 4.39 Å². The number of rotatable bonds is 5. The Bertz CT molecular complexity index is 510. The predicted molar refractivity (Wildman–Crippen MR) is 73.4 cm³/mol. The Kier molecular flexibility index (Phi) is 4.44. The molecular weight excluding hydrogens is 247 g/mol. The fourth-order valence-electron chi connectivity index (χ4n) is 1.83. The highest BCUT2D eigenvalue weighted by Crippen LogP contribution is 2.22. The van der Waals surface area contributed by atoms with Crippen molar-refractivity contribution in [2.75, 3.05) is 6.54 Å². The normalized spacial score (nSPS) is 12.6. The van der Waals surface area contributed by atoms with Gasteiger partial charge in [0.05, 0.1) is 5.01 Å². The lowest BCUT2D eigenvalue weighted by Crippen LogP contribution is -2.16. The molecule has 2 rings (SSSR count). The predicted octanol–water partition coefficient (Wildman–Crippen LogP) is 3.54. The van der Waals surface area contributed by atoms with Crippen LogP contribution >= 0.6 is 11.3 Å². The van der Waals surface area contributed by atoms with Crippen molar-refractivity contribution in [3.63, 3.8) is 0 Å². The maximum Gasteiger partial charge on any atom is 0.123 e. The van der Waals surface area contributed by atoms with Gasteiger partial charge in [-0.3, -0.25) is 0 Å². The summed E-state index contributed by atoms with van der Waals surface area (Å²) in [6.45, 7) is 5.16. The van der Waals surface area contributed by atoms with Crippen LogP contribution < -0.4 is 5.32 Å². The Hall–Kier alpha value is -1.26. The van der Waals surface area contributed by atoms with Crippen molar-refractivity contribution in [1.82, 2.24) is 10.3 Å². The van der Waals surface area contributed by atoms with Crippen LogP contribution in [0.25, 0.3) is 0 Å². The third-order valence-electron chi connectivity index (χ3n) is 2.75. The van der Waals surface area contributed by atoms with Gasteiger partial charge in [-0.2, -0.15) is 0 Å². The number of nitrogens with zero attached hydrogens (tertiary/aromatic N) is 1. The second kappa shape index (κ2) is 6.07. The molecular formula is C14H17FN2S. The molecule has 0 spiro atoms. The molecule has 0 aliphatic carbocycles. The van der Waals surface area contributed by atoms with Crippen LogP contribution in [0.2, 0.25) is 0 Å². The maximum absolute atomic E-state index is 13.1. The molecule has 0 saturated carbocycles. The number of hydrogen-bond donors (Lipinski definition) is 1. The third-order valence-corrected chi connectivity index (χ3v) is 3.93. The number of nitrogens with one attached hydrogen (secondary N) is 1. The molecule has 0 aliphatic rings. The van der Waals surface area contributed by atoms with Crippen LogP contribution in [-0.4, -0.2) is 11.5 Å². The lowest BCUT2D eigenvalue weighted by Gasteiger charge is -2.08. The van der Waals surface area contributed by atoms with Gasteiger partial charge in [-0.1, -0.05) is 19.1 Å². The van der Waals surface area contributed by atoms with Crippen LogP contribution in [0.3, 0.4) is 0 Å². The molecule has 96 valence electrons. The van der Waals surface area contributed by atoms with Gasteiger partial charge in [0.1, 0.15) is 5.82 Å². The molecule has 2 nitrogen and oxygen atoms in total. The smallest absolute Gasteiger partial charge is 0.123 e. The van der Waals surface area contributed by atoms with Gasteiger partial charge in [-0.05, 0) is 31.2 Å². The van der Waals surface area contributed by atoms with Gasteiger partial charge in [0.25, 0.3) is 0 Å². The summed E-state index contributed by atoms with van der Waals surface area (Å²) in [7, 11) is 0. The minimum Gasteiger partial charge on any atom is -0.310 e. The minimum atomic E-state index is -0.190. The first-order valence-corrected chi connectivity index (χ1v) is 6.93. The molecule has 2 aromatic rings. The van der Waals surface area contributed by atoms with Gasteiger partial charge in [0.15, 0.2) is 0 Å². The fraction of sp³-hybridized carbons (Fsp3) is 0.357. The highest BCUT2D eigenvalue weighted by atomic mass is 32.1. The molecule has 0 saturated heterocycles. The van der Waals surface area contributed by atoms with E-state index in [1.165, 1.54) is 10.9 Å². The van der Waals surface area contributed by atoms with Crippen molar-refractivity contribution in [3.8, 4) is 0 Å². The molecule has 18 heavy (non-hydrogen) atoms. The number of halogens is 1. The van der Waals surface area contributed by atoms with Gasteiger partial charge in [-0.15, -0.1) is 11.3 Å². The zero-order chi connectivity index (χ0) is 13.0. The molecule has 0 aliphatic heterocycles. The van der Waals surface area contributed by atoms with E-state index in [0.29, 0.717) is 12.5 Å². The highest BCUT2D eigenvalue weighted by molar-refractivity contribution is 7.11. The summed E-state index contributed by atoms with van der Waals surface area (Å²) in [4.78, 5) is 5.63. The molecule has 1 N–H and O–H groups in total. The summed E-state index contributed by atoms with van der Waals surface area (Å²) in [5.74, 6) is -0.190. The van der Waals surface area contributed by atoms with E-state index in [0.717, 1.165) is 17.1 Å². The number of benzene rings is 1. The molecule has 1 aromatic heterocycles. The van der Waals surface area contributed by atoms with Crippen LogP contribution in [0, 0.1) is 5.82 Å². The summed E-state index contributed by atoms with van der Waals surface area (Å²) in [5, 5.41) is 4.39. The molecule has 0 amide bonds. The maximum atomic E-state index is 13.1. The molecule has 4 heteroatoms. The Morgan fingerprint density at radius 3 is 3.00 bits per heavy atom. The lowest BCUT2D eigenvalue weighted by molar-refractivity contribution is 0.606. The monoisotopic (exact) mass is 264 g/mol. The Morgan fingerprint density at radius 2 is 2.28 bits per heavy atom. The molecule has 1 atom stereocenters. The van der Waals surface area contributed by atoms with Crippen LogP contribution in [-0.2, 0) is 6.42 Å². The summed E-state index contributed by atoms with van der Waals surface area (Å²) < 4.78 is 13.1. The summed E-state index contributed by atoms with van der Waals surface area (Å²) in [6, 6.07) is 7.02. The topological polar surface area (TPSA) is 24.9 Å². The number of aromatic nitrogens is 1. The Labute approximate surface area is 111 Å². The zero-order valence-corrected chi connectivity index (χ0v) is 11.4.